The molecule has 0 aliphatic carbocycles. The average molecular weight is 319 g/mol. The minimum atomic E-state index is -0.475. The fraction of sp³-hybridized carbons (Fsp3) is 0.529. The minimum absolute atomic E-state index is 0.0343. The lowest BCUT2D eigenvalue weighted by molar-refractivity contribution is 0.0664. The summed E-state index contributed by atoms with van der Waals surface area (Å²) in [7, 11) is 2.06. The Morgan fingerprint density at radius 1 is 1.13 bits per heavy atom. The number of ether oxygens (including phenoxy) is 1. The summed E-state index contributed by atoms with van der Waals surface area (Å²) in [5.74, 6) is 0.330. The maximum atomic E-state index is 12.4. The van der Waals surface area contributed by atoms with Crippen molar-refractivity contribution >= 4 is 17.7 Å². The summed E-state index contributed by atoms with van der Waals surface area (Å²) in [5, 5.41) is 2.66. The molecule has 0 atom stereocenters. The van der Waals surface area contributed by atoms with Gasteiger partial charge in [0.05, 0.1) is 6.61 Å². The lowest BCUT2D eigenvalue weighted by Crippen LogP contribution is -2.47. The van der Waals surface area contributed by atoms with Gasteiger partial charge in [0.2, 0.25) is 0 Å². The zero-order chi connectivity index (χ0) is 16.8. The Morgan fingerprint density at radius 2 is 1.74 bits per heavy atom. The molecule has 1 saturated heterocycles. The first-order valence-corrected chi connectivity index (χ1v) is 7.97. The molecule has 1 aliphatic heterocycles. The molecule has 1 aromatic rings. The molecule has 1 aromatic carbocycles. The summed E-state index contributed by atoms with van der Waals surface area (Å²) in [4.78, 5) is 28.1. The zero-order valence-corrected chi connectivity index (χ0v) is 14.0. The van der Waals surface area contributed by atoms with E-state index in [1.165, 1.54) is 0 Å². The highest BCUT2D eigenvalue weighted by atomic mass is 16.5. The Bertz CT molecular complexity index is 535. The molecule has 0 unspecified atom stereocenters. The molecular weight excluding hydrogens is 294 g/mol. The van der Waals surface area contributed by atoms with Crippen LogP contribution in [0.5, 0.6) is 0 Å². The van der Waals surface area contributed by atoms with Gasteiger partial charge in [-0.15, -0.1) is 0 Å². The molecule has 1 aliphatic rings. The van der Waals surface area contributed by atoms with Crippen LogP contribution in [0.3, 0.4) is 0 Å². The summed E-state index contributed by atoms with van der Waals surface area (Å²) in [6.45, 7) is 7.62. The van der Waals surface area contributed by atoms with Crippen LogP contribution in [0.4, 0.5) is 10.5 Å². The van der Waals surface area contributed by atoms with E-state index < -0.39 is 6.09 Å². The molecule has 0 spiro atoms. The second kappa shape index (κ2) is 7.97. The van der Waals surface area contributed by atoms with Gasteiger partial charge in [-0.05, 0) is 37.2 Å². The van der Waals surface area contributed by atoms with Gasteiger partial charge in [-0.3, -0.25) is 10.1 Å². The zero-order valence-electron chi connectivity index (χ0n) is 14.0. The van der Waals surface area contributed by atoms with Gasteiger partial charge in [0, 0.05) is 37.4 Å². The van der Waals surface area contributed by atoms with E-state index in [1.54, 1.807) is 24.3 Å². The average Bonchev–Trinajstić information content (AvgIpc) is 2.54. The normalized spacial score (nSPS) is 15.6. The van der Waals surface area contributed by atoms with Crippen LogP contribution in [0.25, 0.3) is 0 Å². The molecule has 6 nitrogen and oxygen atoms in total. The van der Waals surface area contributed by atoms with Crippen molar-refractivity contribution in [2.45, 2.75) is 13.8 Å². The van der Waals surface area contributed by atoms with E-state index in [1.807, 2.05) is 18.7 Å². The number of carbonyl (C=O) groups is 2. The van der Waals surface area contributed by atoms with Crippen molar-refractivity contribution < 1.29 is 14.3 Å². The highest BCUT2D eigenvalue weighted by molar-refractivity contribution is 5.95. The third-order valence-corrected chi connectivity index (χ3v) is 3.72. The highest BCUT2D eigenvalue weighted by Gasteiger charge is 2.20. The molecule has 23 heavy (non-hydrogen) atoms. The number of benzene rings is 1. The van der Waals surface area contributed by atoms with E-state index in [2.05, 4.69) is 17.3 Å². The summed E-state index contributed by atoms with van der Waals surface area (Å²) >= 11 is 0. The molecule has 1 fully saturated rings. The SMILES string of the molecule is CC(C)COC(=O)Nc1ccc(C(=O)N2CCN(C)CC2)cc1. The topological polar surface area (TPSA) is 61.9 Å². The molecular formula is C17H25N3O3. The number of hydrogen-bond donors (Lipinski definition) is 1. The number of hydrogen-bond acceptors (Lipinski definition) is 4. The highest BCUT2D eigenvalue weighted by Crippen LogP contribution is 2.13. The van der Waals surface area contributed by atoms with Crippen LogP contribution in [0.2, 0.25) is 0 Å². The first-order chi connectivity index (χ1) is 11.0. The van der Waals surface area contributed by atoms with Gasteiger partial charge in [0.1, 0.15) is 0 Å². The van der Waals surface area contributed by atoms with Crippen LogP contribution in [0, 0.1) is 5.92 Å². The number of likely N-dealkylation sites (N-methyl/N-ethyl adjacent to an activating group) is 1. The predicted octanol–water partition coefficient (Wildman–Crippen LogP) is 2.28. The predicted molar refractivity (Wildman–Crippen MR) is 89.7 cm³/mol. The summed E-state index contributed by atoms with van der Waals surface area (Å²) < 4.78 is 5.06. The fourth-order valence-corrected chi connectivity index (χ4v) is 2.28. The third kappa shape index (κ3) is 5.25. The van der Waals surface area contributed by atoms with Crippen LogP contribution in [0.1, 0.15) is 24.2 Å². The van der Waals surface area contributed by atoms with Gasteiger partial charge < -0.3 is 14.5 Å². The largest absolute Gasteiger partial charge is 0.449 e. The number of nitrogens with one attached hydrogen (secondary N) is 1. The fourth-order valence-electron chi connectivity index (χ4n) is 2.28. The summed E-state index contributed by atoms with van der Waals surface area (Å²) in [5.41, 5.74) is 1.25. The number of carbonyl (C=O) groups excluding carboxylic acids is 2. The standard InChI is InChI=1S/C17H25N3O3/c1-13(2)12-23-17(22)18-15-6-4-14(5-7-15)16(21)20-10-8-19(3)9-11-20/h4-7,13H,8-12H2,1-3H3,(H,18,22). The summed E-state index contributed by atoms with van der Waals surface area (Å²) in [6.07, 6.45) is -0.475. The smallest absolute Gasteiger partial charge is 0.411 e. The van der Waals surface area contributed by atoms with E-state index >= 15 is 0 Å². The Balaban J connectivity index is 1.88. The molecule has 126 valence electrons. The van der Waals surface area contributed by atoms with Gasteiger partial charge in [0.25, 0.3) is 5.91 Å². The molecule has 0 aromatic heterocycles. The van der Waals surface area contributed by atoms with Crippen molar-refractivity contribution in [3.05, 3.63) is 29.8 Å². The number of rotatable bonds is 4. The molecule has 0 radical (unpaired) electrons. The van der Waals surface area contributed by atoms with Gasteiger partial charge >= 0.3 is 6.09 Å². The molecule has 6 heteroatoms. The van der Waals surface area contributed by atoms with Crippen LogP contribution in [-0.4, -0.2) is 61.6 Å². The molecule has 1 N–H and O–H groups in total. The van der Waals surface area contributed by atoms with E-state index in [-0.39, 0.29) is 5.91 Å². The number of anilines is 1. The van der Waals surface area contributed by atoms with Crippen LogP contribution in [0.15, 0.2) is 24.3 Å². The monoisotopic (exact) mass is 319 g/mol. The quantitative estimate of drug-likeness (QED) is 0.925. The van der Waals surface area contributed by atoms with Crippen molar-refractivity contribution in [3.8, 4) is 0 Å². The second-order valence-corrected chi connectivity index (χ2v) is 6.29. The van der Waals surface area contributed by atoms with Crippen molar-refractivity contribution in [2.75, 3.05) is 45.2 Å². The van der Waals surface area contributed by atoms with Crippen molar-refractivity contribution in [1.29, 1.82) is 0 Å². The molecule has 2 amide bonds. The van der Waals surface area contributed by atoms with Crippen molar-refractivity contribution in [1.82, 2.24) is 9.80 Å². The number of nitrogens with zero attached hydrogens (tertiary/aromatic N) is 2. The van der Waals surface area contributed by atoms with Crippen molar-refractivity contribution in [2.24, 2.45) is 5.92 Å². The molecule has 1 heterocycles. The lowest BCUT2D eigenvalue weighted by atomic mass is 10.1. The molecule has 0 saturated carbocycles. The minimum Gasteiger partial charge on any atom is -0.449 e. The van der Waals surface area contributed by atoms with Gasteiger partial charge in [-0.1, -0.05) is 13.8 Å². The first kappa shape index (κ1) is 17.3. The Labute approximate surface area is 137 Å². The van der Waals surface area contributed by atoms with E-state index in [0.29, 0.717) is 23.8 Å². The Kier molecular flexibility index (Phi) is 5.98. The molecule has 2 rings (SSSR count). The van der Waals surface area contributed by atoms with Crippen LogP contribution in [-0.2, 0) is 4.74 Å². The van der Waals surface area contributed by atoms with E-state index in [9.17, 15) is 9.59 Å². The second-order valence-electron chi connectivity index (χ2n) is 6.29. The van der Waals surface area contributed by atoms with Gasteiger partial charge in [-0.2, -0.15) is 0 Å². The Hall–Kier alpha value is -2.08. The van der Waals surface area contributed by atoms with Crippen LogP contribution < -0.4 is 5.32 Å². The molecule has 0 bridgehead atoms. The maximum absolute atomic E-state index is 12.4. The van der Waals surface area contributed by atoms with Crippen LogP contribution >= 0.6 is 0 Å². The van der Waals surface area contributed by atoms with Crippen molar-refractivity contribution in [3.63, 3.8) is 0 Å². The van der Waals surface area contributed by atoms with Gasteiger partial charge in [-0.25, -0.2) is 4.79 Å². The van der Waals surface area contributed by atoms with E-state index in [4.69, 9.17) is 4.74 Å². The lowest BCUT2D eigenvalue weighted by Gasteiger charge is -2.32. The number of piperazine rings is 1. The number of amides is 2. The van der Waals surface area contributed by atoms with Gasteiger partial charge in [0.15, 0.2) is 0 Å². The maximum Gasteiger partial charge on any atom is 0.411 e. The third-order valence-electron chi connectivity index (χ3n) is 3.72. The Morgan fingerprint density at radius 3 is 2.30 bits per heavy atom. The first-order valence-electron chi connectivity index (χ1n) is 7.97. The summed E-state index contributed by atoms with van der Waals surface area (Å²) in [6, 6.07) is 6.91. The van der Waals surface area contributed by atoms with E-state index in [0.717, 1.165) is 26.2 Å².